The van der Waals surface area contributed by atoms with Crippen molar-refractivity contribution in [3.8, 4) is 10.7 Å². The van der Waals surface area contributed by atoms with Gasteiger partial charge in [-0.05, 0) is 59.5 Å². The van der Waals surface area contributed by atoms with Gasteiger partial charge in [0, 0.05) is 32.7 Å². The second-order valence-electron chi connectivity index (χ2n) is 10.3. The Labute approximate surface area is 227 Å². The molecular weight excluding hydrogens is 494 g/mol. The van der Waals surface area contributed by atoms with E-state index in [-0.39, 0.29) is 11.8 Å². The quantitative estimate of drug-likeness (QED) is 0.352. The molecule has 6 rings (SSSR count). The molecule has 2 aromatic carbocycles. The predicted octanol–water partition coefficient (Wildman–Crippen LogP) is 4.88. The molecule has 1 atom stereocenters. The minimum atomic E-state index is -0.0234. The highest BCUT2D eigenvalue weighted by Gasteiger charge is 2.27. The Morgan fingerprint density at radius 3 is 2.66 bits per heavy atom. The predicted molar refractivity (Wildman–Crippen MR) is 148 cm³/mol. The molecule has 2 aromatic heterocycles. The van der Waals surface area contributed by atoms with Crippen LogP contribution in [0.4, 0.5) is 0 Å². The van der Waals surface area contributed by atoms with E-state index in [1.54, 1.807) is 11.3 Å². The van der Waals surface area contributed by atoms with Crippen LogP contribution in [0, 0.1) is 5.92 Å². The first-order valence-corrected chi connectivity index (χ1v) is 14.3. The van der Waals surface area contributed by atoms with E-state index >= 15 is 0 Å². The number of likely N-dealkylation sites (tertiary alicyclic amines) is 1. The third-order valence-corrected chi connectivity index (χ3v) is 8.42. The van der Waals surface area contributed by atoms with Gasteiger partial charge in [-0.2, -0.15) is 4.98 Å². The van der Waals surface area contributed by atoms with E-state index in [4.69, 9.17) is 4.52 Å². The summed E-state index contributed by atoms with van der Waals surface area (Å²) in [7, 11) is 0. The molecule has 0 radical (unpaired) electrons. The number of carbonyl (C=O) groups is 1. The molecule has 4 heterocycles. The molecule has 1 saturated heterocycles. The third-order valence-electron chi connectivity index (χ3n) is 7.55. The molecule has 7 nitrogen and oxygen atoms in total. The number of piperidine rings is 1. The Kier molecular flexibility index (Phi) is 7.62. The molecule has 0 saturated carbocycles. The van der Waals surface area contributed by atoms with Crippen LogP contribution in [-0.2, 0) is 37.4 Å². The number of aromatic nitrogens is 2. The Bertz CT molecular complexity index is 1350. The SMILES string of the molecule is O=C(NCc1ccc(CN2CCc3ccccc3C2)cc1)C1CCCN(Cc2nc(-c3cccs3)no2)C1. The van der Waals surface area contributed by atoms with Crippen LogP contribution in [-0.4, -0.2) is 45.5 Å². The van der Waals surface area contributed by atoms with Crippen molar-refractivity contribution in [1.29, 1.82) is 0 Å². The zero-order valence-electron chi connectivity index (χ0n) is 21.5. The fourth-order valence-corrected chi connectivity index (χ4v) is 6.12. The number of thiophene rings is 1. The monoisotopic (exact) mass is 527 g/mol. The number of benzene rings is 2. The van der Waals surface area contributed by atoms with Gasteiger partial charge in [0.25, 0.3) is 0 Å². The fourth-order valence-electron chi connectivity index (χ4n) is 5.47. The van der Waals surface area contributed by atoms with Crippen molar-refractivity contribution >= 4 is 17.2 Å². The summed E-state index contributed by atoms with van der Waals surface area (Å²) in [6, 6.07) is 21.4. The van der Waals surface area contributed by atoms with Gasteiger partial charge < -0.3 is 9.84 Å². The average Bonchev–Trinajstić information content (AvgIpc) is 3.65. The first-order chi connectivity index (χ1) is 18.7. The van der Waals surface area contributed by atoms with Crippen molar-refractivity contribution < 1.29 is 9.32 Å². The Hall–Kier alpha value is -3.33. The van der Waals surface area contributed by atoms with Crippen LogP contribution in [0.1, 0.15) is 41.0 Å². The van der Waals surface area contributed by atoms with Crippen molar-refractivity contribution in [1.82, 2.24) is 25.3 Å². The topological polar surface area (TPSA) is 74.5 Å². The maximum absolute atomic E-state index is 13.0. The maximum atomic E-state index is 13.0. The minimum Gasteiger partial charge on any atom is -0.352 e. The lowest BCUT2D eigenvalue weighted by atomic mass is 9.97. The molecular formula is C30H33N5O2S. The molecule has 1 amide bonds. The van der Waals surface area contributed by atoms with Gasteiger partial charge >= 0.3 is 0 Å². The number of fused-ring (bicyclic) bond motifs is 1. The van der Waals surface area contributed by atoms with E-state index < -0.39 is 0 Å². The molecule has 0 spiro atoms. The summed E-state index contributed by atoms with van der Waals surface area (Å²) < 4.78 is 5.47. The average molecular weight is 528 g/mol. The van der Waals surface area contributed by atoms with E-state index in [0.29, 0.717) is 31.3 Å². The van der Waals surface area contributed by atoms with Gasteiger partial charge in [-0.25, -0.2) is 0 Å². The Balaban J connectivity index is 0.966. The van der Waals surface area contributed by atoms with E-state index in [2.05, 4.69) is 73.8 Å². The second-order valence-corrected chi connectivity index (χ2v) is 11.3. The van der Waals surface area contributed by atoms with Crippen molar-refractivity contribution in [3.63, 3.8) is 0 Å². The standard InChI is InChI=1S/C30H33N5O2S/c36-30(26-7-3-14-34(20-26)21-28-32-29(33-37-28)27-8-4-16-38-27)31-17-22-9-11-23(12-10-22)18-35-15-13-24-5-1-2-6-25(24)19-35/h1-2,4-6,8-12,16,26H,3,7,13-15,17-21H2,(H,31,36). The molecule has 4 aromatic rings. The van der Waals surface area contributed by atoms with Gasteiger partial charge in [0.05, 0.1) is 17.3 Å². The lowest BCUT2D eigenvalue weighted by Crippen LogP contribution is -2.42. The molecule has 0 aliphatic carbocycles. The zero-order chi connectivity index (χ0) is 25.7. The molecule has 1 unspecified atom stereocenters. The first kappa shape index (κ1) is 25.0. The first-order valence-electron chi connectivity index (χ1n) is 13.4. The highest BCUT2D eigenvalue weighted by molar-refractivity contribution is 7.13. The summed E-state index contributed by atoms with van der Waals surface area (Å²) in [6.45, 7) is 5.83. The number of hydrogen-bond donors (Lipinski definition) is 1. The highest BCUT2D eigenvalue weighted by atomic mass is 32.1. The van der Waals surface area contributed by atoms with E-state index in [1.807, 2.05) is 17.5 Å². The summed E-state index contributed by atoms with van der Waals surface area (Å²) in [5.74, 6) is 1.33. The van der Waals surface area contributed by atoms with Gasteiger partial charge in [0.15, 0.2) is 0 Å². The number of nitrogens with one attached hydrogen (secondary N) is 1. The third kappa shape index (κ3) is 6.04. The second kappa shape index (κ2) is 11.6. The van der Waals surface area contributed by atoms with Gasteiger partial charge in [0.2, 0.25) is 17.6 Å². The van der Waals surface area contributed by atoms with Crippen molar-refractivity contribution in [2.75, 3.05) is 19.6 Å². The summed E-state index contributed by atoms with van der Waals surface area (Å²) in [4.78, 5) is 23.2. The highest BCUT2D eigenvalue weighted by Crippen LogP contribution is 2.24. The van der Waals surface area contributed by atoms with Gasteiger partial charge in [-0.1, -0.05) is 59.8 Å². The number of hydrogen-bond acceptors (Lipinski definition) is 7. The molecule has 1 fully saturated rings. The van der Waals surface area contributed by atoms with Crippen LogP contribution in [0.3, 0.4) is 0 Å². The van der Waals surface area contributed by atoms with Crippen LogP contribution in [0.5, 0.6) is 0 Å². The molecule has 196 valence electrons. The Morgan fingerprint density at radius 1 is 0.974 bits per heavy atom. The van der Waals surface area contributed by atoms with Crippen molar-refractivity contribution in [2.45, 2.75) is 45.4 Å². The fraction of sp³-hybridized carbons (Fsp3) is 0.367. The lowest BCUT2D eigenvalue weighted by Gasteiger charge is -2.30. The smallest absolute Gasteiger partial charge is 0.241 e. The van der Waals surface area contributed by atoms with Crippen LogP contribution in [0.15, 0.2) is 70.6 Å². The Morgan fingerprint density at radius 2 is 1.82 bits per heavy atom. The summed E-state index contributed by atoms with van der Waals surface area (Å²) in [5, 5.41) is 9.27. The number of rotatable bonds is 8. The van der Waals surface area contributed by atoms with E-state index in [9.17, 15) is 4.79 Å². The summed E-state index contributed by atoms with van der Waals surface area (Å²) in [6.07, 6.45) is 3.01. The summed E-state index contributed by atoms with van der Waals surface area (Å²) in [5.41, 5.74) is 5.37. The van der Waals surface area contributed by atoms with Crippen LogP contribution in [0.25, 0.3) is 10.7 Å². The van der Waals surface area contributed by atoms with Gasteiger partial charge in [0.1, 0.15) is 0 Å². The minimum absolute atomic E-state index is 0.0234. The van der Waals surface area contributed by atoms with Gasteiger partial charge in [-0.15, -0.1) is 11.3 Å². The number of carbonyl (C=O) groups excluding carboxylic acids is 1. The molecule has 8 heteroatoms. The van der Waals surface area contributed by atoms with Crippen LogP contribution < -0.4 is 5.32 Å². The zero-order valence-corrected chi connectivity index (χ0v) is 22.3. The lowest BCUT2D eigenvalue weighted by molar-refractivity contribution is -0.127. The molecule has 2 aliphatic rings. The number of nitrogens with zero attached hydrogens (tertiary/aromatic N) is 4. The molecule has 0 bridgehead atoms. The molecule has 2 aliphatic heterocycles. The van der Waals surface area contributed by atoms with E-state index in [0.717, 1.165) is 55.9 Å². The molecule has 1 N–H and O–H groups in total. The summed E-state index contributed by atoms with van der Waals surface area (Å²) >= 11 is 1.60. The number of amides is 1. The van der Waals surface area contributed by atoms with Crippen LogP contribution >= 0.6 is 11.3 Å². The van der Waals surface area contributed by atoms with E-state index in [1.165, 1.54) is 16.7 Å². The normalized spacial score (nSPS) is 18.3. The largest absolute Gasteiger partial charge is 0.352 e. The maximum Gasteiger partial charge on any atom is 0.241 e. The molecule has 38 heavy (non-hydrogen) atoms. The van der Waals surface area contributed by atoms with Crippen LogP contribution in [0.2, 0.25) is 0 Å². The van der Waals surface area contributed by atoms with Crippen molar-refractivity contribution in [2.24, 2.45) is 5.92 Å². The van der Waals surface area contributed by atoms with Gasteiger partial charge in [-0.3, -0.25) is 14.6 Å². The van der Waals surface area contributed by atoms with Crippen molar-refractivity contribution in [3.05, 3.63) is 94.2 Å².